The van der Waals surface area contributed by atoms with Crippen molar-refractivity contribution in [2.24, 2.45) is 11.1 Å². The molecule has 0 unspecified atom stereocenters. The predicted octanol–water partition coefficient (Wildman–Crippen LogP) is 1.90. The van der Waals surface area contributed by atoms with Crippen LogP contribution in [0.2, 0.25) is 0 Å². The Morgan fingerprint density at radius 1 is 0.952 bits per heavy atom. The summed E-state index contributed by atoms with van der Waals surface area (Å²) in [6.45, 7) is 4.95. The number of primary amides is 1. The number of likely N-dealkylation sites (tertiary alicyclic amines) is 1. The molecule has 7 heteroatoms. The summed E-state index contributed by atoms with van der Waals surface area (Å²) in [5.74, 6) is -1.92. The van der Waals surface area contributed by atoms with Crippen LogP contribution in [0.25, 0.3) is 0 Å². The van der Waals surface area contributed by atoms with E-state index in [1.54, 1.807) is 18.7 Å². The number of nitrogens with zero attached hydrogens (tertiary/aromatic N) is 1. The number of hydrogen-bond acceptors (Lipinski definition) is 3. The third-order valence-corrected chi connectivity index (χ3v) is 3.18. The lowest BCUT2D eigenvalue weighted by Gasteiger charge is -2.18. The molecule has 7 nitrogen and oxygen atoms in total. The Morgan fingerprint density at radius 3 is 1.62 bits per heavy atom. The molecule has 0 atom stereocenters. The highest BCUT2D eigenvalue weighted by Crippen LogP contribution is 2.24. The highest BCUT2D eigenvalue weighted by molar-refractivity contribution is 5.72. The van der Waals surface area contributed by atoms with E-state index in [9.17, 15) is 14.4 Å². The van der Waals surface area contributed by atoms with E-state index < -0.39 is 17.4 Å². The summed E-state index contributed by atoms with van der Waals surface area (Å²) in [6.07, 6.45) is 4.48. The van der Waals surface area contributed by atoms with Crippen LogP contribution in [0.15, 0.2) is 0 Å². The van der Waals surface area contributed by atoms with Crippen molar-refractivity contribution >= 4 is 18.0 Å². The van der Waals surface area contributed by atoms with Gasteiger partial charge in [-0.1, -0.05) is 26.7 Å². The summed E-state index contributed by atoms with van der Waals surface area (Å²) in [4.78, 5) is 32.8. The van der Waals surface area contributed by atoms with E-state index in [4.69, 9.17) is 15.9 Å². The zero-order valence-electron chi connectivity index (χ0n) is 12.8. The topological polar surface area (TPSA) is 121 Å². The summed E-state index contributed by atoms with van der Waals surface area (Å²) in [5.41, 5.74) is 4.47. The van der Waals surface area contributed by atoms with Gasteiger partial charge < -0.3 is 20.8 Å². The molecule has 0 saturated carbocycles. The number of carbonyl (C=O) groups is 3. The van der Waals surface area contributed by atoms with Crippen LogP contribution in [-0.4, -0.2) is 46.2 Å². The van der Waals surface area contributed by atoms with Gasteiger partial charge in [0.05, 0.1) is 12.8 Å². The van der Waals surface area contributed by atoms with Gasteiger partial charge in [0.25, 0.3) is 0 Å². The molecule has 1 saturated heterocycles. The molecule has 0 radical (unpaired) electrons. The van der Waals surface area contributed by atoms with E-state index in [2.05, 4.69) is 0 Å². The lowest BCUT2D eigenvalue weighted by atomic mass is 9.86. The summed E-state index contributed by atoms with van der Waals surface area (Å²) >= 11 is 0. The second-order valence-electron chi connectivity index (χ2n) is 6.04. The van der Waals surface area contributed by atoms with Gasteiger partial charge in [-0.3, -0.25) is 9.59 Å². The Bertz CT molecular complexity index is 342. The van der Waals surface area contributed by atoms with Gasteiger partial charge in [-0.15, -0.1) is 0 Å². The SMILES string of the molecule is CC(C)(CC(=O)O)CC(=O)O.NC(=O)N1CCCCCC1. The second kappa shape index (κ2) is 9.20. The number of carboxylic acid groups (broad SMARTS) is 2. The summed E-state index contributed by atoms with van der Waals surface area (Å²) in [5, 5.41) is 16.7. The third-order valence-electron chi connectivity index (χ3n) is 3.18. The van der Waals surface area contributed by atoms with Crippen LogP contribution in [0.3, 0.4) is 0 Å². The molecule has 1 rings (SSSR count). The fraction of sp³-hybridized carbons (Fsp3) is 0.786. The van der Waals surface area contributed by atoms with Crippen molar-refractivity contribution in [3.8, 4) is 0 Å². The molecule has 1 aliphatic heterocycles. The monoisotopic (exact) mass is 302 g/mol. The van der Waals surface area contributed by atoms with Crippen molar-refractivity contribution in [3.63, 3.8) is 0 Å². The van der Waals surface area contributed by atoms with Crippen LogP contribution >= 0.6 is 0 Å². The number of hydrogen-bond donors (Lipinski definition) is 3. The quantitative estimate of drug-likeness (QED) is 0.732. The van der Waals surface area contributed by atoms with Crippen LogP contribution in [-0.2, 0) is 9.59 Å². The molecule has 0 bridgehead atoms. The number of urea groups is 1. The van der Waals surface area contributed by atoms with E-state index in [1.165, 1.54) is 12.8 Å². The van der Waals surface area contributed by atoms with Crippen LogP contribution in [0, 0.1) is 5.41 Å². The van der Waals surface area contributed by atoms with Crippen molar-refractivity contribution in [1.82, 2.24) is 4.90 Å². The molecule has 1 fully saturated rings. The third kappa shape index (κ3) is 10.6. The molecule has 1 aliphatic rings. The lowest BCUT2D eigenvalue weighted by Crippen LogP contribution is -2.36. The zero-order valence-corrected chi connectivity index (χ0v) is 12.8. The van der Waals surface area contributed by atoms with Gasteiger partial charge in [0.2, 0.25) is 0 Å². The van der Waals surface area contributed by atoms with Gasteiger partial charge in [0.15, 0.2) is 0 Å². The number of aliphatic carboxylic acids is 2. The Balaban J connectivity index is 0.000000382. The first-order chi connectivity index (χ1) is 9.64. The smallest absolute Gasteiger partial charge is 0.314 e. The molecule has 4 N–H and O–H groups in total. The number of amides is 2. The van der Waals surface area contributed by atoms with E-state index in [1.807, 2.05) is 0 Å². The minimum Gasteiger partial charge on any atom is -0.481 e. The zero-order chi connectivity index (χ0) is 16.5. The first kappa shape index (κ1) is 19.2. The number of nitrogens with two attached hydrogens (primary N) is 1. The van der Waals surface area contributed by atoms with Gasteiger partial charge in [-0.25, -0.2) is 4.79 Å². The van der Waals surface area contributed by atoms with Crippen LogP contribution in [0.5, 0.6) is 0 Å². The Morgan fingerprint density at radius 2 is 1.33 bits per heavy atom. The molecule has 2 amide bonds. The first-order valence-electron chi connectivity index (χ1n) is 7.12. The van der Waals surface area contributed by atoms with Crippen LogP contribution in [0.4, 0.5) is 4.79 Å². The number of carbonyl (C=O) groups excluding carboxylic acids is 1. The Kier molecular flexibility index (Phi) is 8.42. The Labute approximate surface area is 125 Å². The summed E-state index contributed by atoms with van der Waals surface area (Å²) in [7, 11) is 0. The van der Waals surface area contributed by atoms with Crippen LogP contribution < -0.4 is 5.73 Å². The van der Waals surface area contributed by atoms with Gasteiger partial charge in [0, 0.05) is 13.1 Å². The van der Waals surface area contributed by atoms with Gasteiger partial charge in [0.1, 0.15) is 0 Å². The van der Waals surface area contributed by atoms with Gasteiger partial charge >= 0.3 is 18.0 Å². The van der Waals surface area contributed by atoms with Gasteiger partial charge in [-0.05, 0) is 18.3 Å². The highest BCUT2D eigenvalue weighted by Gasteiger charge is 2.24. The molecule has 122 valence electrons. The van der Waals surface area contributed by atoms with Gasteiger partial charge in [-0.2, -0.15) is 0 Å². The number of carboxylic acids is 2. The summed E-state index contributed by atoms with van der Waals surface area (Å²) < 4.78 is 0. The fourth-order valence-corrected chi connectivity index (χ4v) is 2.17. The van der Waals surface area contributed by atoms with Crippen molar-refractivity contribution in [3.05, 3.63) is 0 Å². The average Bonchev–Trinajstić information content (AvgIpc) is 2.53. The van der Waals surface area contributed by atoms with Crippen molar-refractivity contribution in [1.29, 1.82) is 0 Å². The maximum atomic E-state index is 10.7. The molecule has 0 spiro atoms. The van der Waals surface area contributed by atoms with Crippen molar-refractivity contribution in [2.45, 2.75) is 52.4 Å². The molecule has 21 heavy (non-hydrogen) atoms. The lowest BCUT2D eigenvalue weighted by molar-refractivity contribution is -0.142. The van der Waals surface area contributed by atoms with Crippen molar-refractivity contribution < 1.29 is 24.6 Å². The van der Waals surface area contributed by atoms with E-state index in [-0.39, 0.29) is 18.9 Å². The standard InChI is InChI=1S/C7H14N2O.C7H12O4/c8-7(10)9-5-3-1-2-4-6-9;1-7(2,3-5(8)9)4-6(10)11/h1-6H2,(H2,8,10);3-4H2,1-2H3,(H,8,9)(H,10,11). The summed E-state index contributed by atoms with van der Waals surface area (Å²) in [6, 6.07) is -0.262. The fourth-order valence-electron chi connectivity index (χ4n) is 2.17. The molecule has 0 aromatic heterocycles. The molecule has 0 aromatic carbocycles. The van der Waals surface area contributed by atoms with E-state index >= 15 is 0 Å². The second-order valence-corrected chi connectivity index (χ2v) is 6.04. The first-order valence-corrected chi connectivity index (χ1v) is 7.12. The largest absolute Gasteiger partial charge is 0.481 e. The molecular weight excluding hydrogens is 276 g/mol. The number of rotatable bonds is 4. The predicted molar refractivity (Wildman–Crippen MR) is 77.9 cm³/mol. The minimum absolute atomic E-state index is 0.112. The average molecular weight is 302 g/mol. The molecule has 1 heterocycles. The molecular formula is C14H26N2O5. The maximum absolute atomic E-state index is 10.7. The minimum atomic E-state index is -0.962. The molecule has 0 aromatic rings. The maximum Gasteiger partial charge on any atom is 0.314 e. The van der Waals surface area contributed by atoms with E-state index in [0.29, 0.717) is 0 Å². The molecule has 0 aliphatic carbocycles. The Hall–Kier alpha value is -1.79. The van der Waals surface area contributed by atoms with E-state index in [0.717, 1.165) is 25.9 Å². The van der Waals surface area contributed by atoms with Crippen LogP contribution in [0.1, 0.15) is 52.4 Å². The highest BCUT2D eigenvalue weighted by atomic mass is 16.4. The normalized spacial score (nSPS) is 15.4. The van der Waals surface area contributed by atoms with Crippen molar-refractivity contribution in [2.75, 3.05) is 13.1 Å².